The van der Waals surface area contributed by atoms with Crippen molar-refractivity contribution in [3.63, 3.8) is 0 Å². The molecule has 3 heterocycles. The minimum Gasteiger partial charge on any atom is -0.486 e. The minimum absolute atomic E-state index is 0.0190. The SMILES string of the molecule is O=C(NCc1cccnc1)N1CCCC1c1cccc2c1OCCO2. The maximum Gasteiger partial charge on any atom is 0.318 e. The Balaban J connectivity index is 1.50. The number of hydrogen-bond donors (Lipinski definition) is 1. The minimum atomic E-state index is -0.0549. The molecule has 1 aromatic heterocycles. The van der Waals surface area contributed by atoms with E-state index in [0.29, 0.717) is 19.8 Å². The van der Waals surface area contributed by atoms with Crippen LogP contribution in [0.2, 0.25) is 0 Å². The van der Waals surface area contributed by atoms with Gasteiger partial charge < -0.3 is 19.7 Å². The fraction of sp³-hybridized carbons (Fsp3) is 0.368. The first-order chi connectivity index (χ1) is 12.3. The molecule has 4 rings (SSSR count). The number of urea groups is 1. The van der Waals surface area contributed by atoms with Crippen molar-refractivity contribution < 1.29 is 14.3 Å². The van der Waals surface area contributed by atoms with Gasteiger partial charge in [0.2, 0.25) is 0 Å². The lowest BCUT2D eigenvalue weighted by Gasteiger charge is -2.29. The predicted molar refractivity (Wildman–Crippen MR) is 92.6 cm³/mol. The van der Waals surface area contributed by atoms with Crippen molar-refractivity contribution in [3.8, 4) is 11.5 Å². The van der Waals surface area contributed by atoms with Crippen LogP contribution in [-0.4, -0.2) is 35.7 Å². The number of pyridine rings is 1. The summed E-state index contributed by atoms with van der Waals surface area (Å²) >= 11 is 0. The van der Waals surface area contributed by atoms with E-state index in [9.17, 15) is 4.79 Å². The number of fused-ring (bicyclic) bond motifs is 1. The Morgan fingerprint density at radius 3 is 3.04 bits per heavy atom. The first-order valence-electron chi connectivity index (χ1n) is 8.65. The number of carbonyl (C=O) groups is 1. The van der Waals surface area contributed by atoms with Gasteiger partial charge in [0.05, 0.1) is 6.04 Å². The van der Waals surface area contributed by atoms with E-state index in [1.54, 1.807) is 12.4 Å². The van der Waals surface area contributed by atoms with Crippen LogP contribution in [0.3, 0.4) is 0 Å². The van der Waals surface area contributed by atoms with Gasteiger partial charge in [-0.3, -0.25) is 4.98 Å². The Bertz CT molecular complexity index is 751. The Kier molecular flexibility index (Phi) is 4.41. The Hall–Kier alpha value is -2.76. The summed E-state index contributed by atoms with van der Waals surface area (Å²) in [5.74, 6) is 1.55. The van der Waals surface area contributed by atoms with Gasteiger partial charge in [-0.05, 0) is 30.5 Å². The molecule has 6 nitrogen and oxygen atoms in total. The molecule has 2 aromatic rings. The third kappa shape index (κ3) is 3.24. The number of likely N-dealkylation sites (tertiary alicyclic amines) is 1. The normalized spacial score (nSPS) is 18.9. The molecule has 0 radical (unpaired) electrons. The third-order valence-electron chi connectivity index (χ3n) is 4.64. The van der Waals surface area contributed by atoms with E-state index in [0.717, 1.165) is 42.0 Å². The van der Waals surface area contributed by atoms with Crippen LogP contribution in [0.25, 0.3) is 0 Å². The number of benzene rings is 1. The zero-order valence-corrected chi connectivity index (χ0v) is 14.0. The number of nitrogens with one attached hydrogen (secondary N) is 1. The molecule has 1 N–H and O–H groups in total. The van der Waals surface area contributed by atoms with Gasteiger partial charge in [-0.25, -0.2) is 4.79 Å². The summed E-state index contributed by atoms with van der Waals surface area (Å²) in [6.45, 7) is 2.33. The smallest absolute Gasteiger partial charge is 0.318 e. The molecular formula is C19H21N3O3. The van der Waals surface area contributed by atoms with Gasteiger partial charge in [0.15, 0.2) is 11.5 Å². The lowest BCUT2D eigenvalue weighted by atomic mass is 10.0. The molecule has 1 saturated heterocycles. The number of para-hydroxylation sites is 1. The first-order valence-corrected chi connectivity index (χ1v) is 8.65. The van der Waals surface area contributed by atoms with Crippen molar-refractivity contribution in [2.24, 2.45) is 0 Å². The molecule has 0 saturated carbocycles. The van der Waals surface area contributed by atoms with Crippen molar-refractivity contribution in [2.45, 2.75) is 25.4 Å². The van der Waals surface area contributed by atoms with E-state index >= 15 is 0 Å². The monoisotopic (exact) mass is 339 g/mol. The second-order valence-electron chi connectivity index (χ2n) is 6.24. The second-order valence-corrected chi connectivity index (χ2v) is 6.24. The van der Waals surface area contributed by atoms with Gasteiger partial charge in [0.1, 0.15) is 13.2 Å². The number of ether oxygens (including phenoxy) is 2. The van der Waals surface area contributed by atoms with E-state index in [1.165, 1.54) is 0 Å². The highest BCUT2D eigenvalue weighted by molar-refractivity contribution is 5.75. The van der Waals surface area contributed by atoms with Crippen LogP contribution < -0.4 is 14.8 Å². The van der Waals surface area contributed by atoms with Crippen molar-refractivity contribution >= 4 is 6.03 Å². The summed E-state index contributed by atoms with van der Waals surface area (Å²) in [6, 6.07) is 9.70. The molecule has 1 aromatic carbocycles. The van der Waals surface area contributed by atoms with Crippen LogP contribution in [0.4, 0.5) is 4.79 Å². The summed E-state index contributed by atoms with van der Waals surface area (Å²) in [5.41, 5.74) is 2.02. The molecule has 1 unspecified atom stereocenters. The average molecular weight is 339 g/mol. The molecule has 2 amide bonds. The molecular weight excluding hydrogens is 318 g/mol. The zero-order valence-electron chi connectivity index (χ0n) is 14.0. The first kappa shape index (κ1) is 15.7. The molecule has 130 valence electrons. The standard InChI is InChI=1S/C19H21N3O3/c23-19(21-13-14-4-2-8-20-12-14)22-9-3-6-16(22)15-5-1-7-17-18(15)25-11-10-24-17/h1-2,4-5,7-8,12,16H,3,6,9-11,13H2,(H,21,23). The average Bonchev–Trinajstić information content (AvgIpc) is 3.16. The molecule has 2 aliphatic rings. The summed E-state index contributed by atoms with van der Waals surface area (Å²) in [5, 5.41) is 3.00. The molecule has 0 spiro atoms. The van der Waals surface area contributed by atoms with Crippen molar-refractivity contribution in [1.82, 2.24) is 15.2 Å². The number of carbonyl (C=O) groups excluding carboxylic acids is 1. The van der Waals surface area contributed by atoms with Gasteiger partial charge >= 0.3 is 6.03 Å². The molecule has 0 aliphatic carbocycles. The number of aromatic nitrogens is 1. The number of amides is 2. The Morgan fingerprint density at radius 1 is 1.24 bits per heavy atom. The number of nitrogens with zero attached hydrogens (tertiary/aromatic N) is 2. The molecule has 2 aliphatic heterocycles. The highest BCUT2D eigenvalue weighted by atomic mass is 16.6. The highest BCUT2D eigenvalue weighted by Crippen LogP contribution is 2.42. The predicted octanol–water partition coefficient (Wildman–Crippen LogP) is 2.90. The fourth-order valence-electron chi connectivity index (χ4n) is 3.47. The summed E-state index contributed by atoms with van der Waals surface area (Å²) < 4.78 is 11.5. The number of rotatable bonds is 3. The lowest BCUT2D eigenvalue weighted by molar-refractivity contribution is 0.163. The fourth-order valence-corrected chi connectivity index (χ4v) is 3.47. The van der Waals surface area contributed by atoms with Gasteiger partial charge in [-0.15, -0.1) is 0 Å². The van der Waals surface area contributed by atoms with Gasteiger partial charge in [-0.2, -0.15) is 0 Å². The molecule has 25 heavy (non-hydrogen) atoms. The van der Waals surface area contributed by atoms with E-state index in [-0.39, 0.29) is 12.1 Å². The van der Waals surface area contributed by atoms with Crippen molar-refractivity contribution in [2.75, 3.05) is 19.8 Å². The zero-order chi connectivity index (χ0) is 17.1. The van der Waals surface area contributed by atoms with Crippen LogP contribution in [0.5, 0.6) is 11.5 Å². The van der Waals surface area contributed by atoms with E-state index < -0.39 is 0 Å². The topological polar surface area (TPSA) is 63.7 Å². The molecule has 1 atom stereocenters. The van der Waals surface area contributed by atoms with Gasteiger partial charge in [0.25, 0.3) is 0 Å². The van der Waals surface area contributed by atoms with E-state index in [1.807, 2.05) is 35.2 Å². The molecule has 6 heteroatoms. The van der Waals surface area contributed by atoms with Crippen LogP contribution in [0.15, 0.2) is 42.7 Å². The lowest BCUT2D eigenvalue weighted by Crippen LogP contribution is -2.39. The van der Waals surface area contributed by atoms with Gasteiger partial charge in [0, 0.05) is 31.0 Å². The summed E-state index contributed by atoms with van der Waals surface area (Å²) in [7, 11) is 0. The van der Waals surface area contributed by atoms with Crippen molar-refractivity contribution in [3.05, 3.63) is 53.9 Å². The maximum absolute atomic E-state index is 12.7. The van der Waals surface area contributed by atoms with Gasteiger partial charge in [-0.1, -0.05) is 18.2 Å². The summed E-state index contributed by atoms with van der Waals surface area (Å²) in [4.78, 5) is 18.7. The van der Waals surface area contributed by atoms with E-state index in [4.69, 9.17) is 9.47 Å². The maximum atomic E-state index is 12.7. The van der Waals surface area contributed by atoms with Crippen molar-refractivity contribution in [1.29, 1.82) is 0 Å². The summed E-state index contributed by atoms with van der Waals surface area (Å²) in [6.07, 6.45) is 5.40. The number of hydrogen-bond acceptors (Lipinski definition) is 4. The molecule has 1 fully saturated rings. The Labute approximate surface area is 146 Å². The van der Waals surface area contributed by atoms with Crippen LogP contribution >= 0.6 is 0 Å². The highest BCUT2D eigenvalue weighted by Gasteiger charge is 2.33. The Morgan fingerprint density at radius 2 is 2.16 bits per heavy atom. The van der Waals surface area contributed by atoms with Crippen LogP contribution in [0, 0.1) is 0 Å². The largest absolute Gasteiger partial charge is 0.486 e. The van der Waals surface area contributed by atoms with Crippen LogP contribution in [-0.2, 0) is 6.54 Å². The second kappa shape index (κ2) is 7.01. The molecule has 0 bridgehead atoms. The van der Waals surface area contributed by atoms with Crippen LogP contribution in [0.1, 0.15) is 30.0 Å². The van der Waals surface area contributed by atoms with E-state index in [2.05, 4.69) is 10.3 Å². The third-order valence-corrected chi connectivity index (χ3v) is 4.64. The quantitative estimate of drug-likeness (QED) is 0.934.